The van der Waals surface area contributed by atoms with Gasteiger partial charge in [-0.05, 0) is 32.1 Å². The summed E-state index contributed by atoms with van der Waals surface area (Å²) in [6, 6.07) is 0. The summed E-state index contributed by atoms with van der Waals surface area (Å²) >= 11 is 0. The molecule has 4 heteroatoms. The number of ether oxygens (including phenoxy) is 1. The van der Waals surface area contributed by atoms with Gasteiger partial charge in [-0.15, -0.1) is 0 Å². The minimum absolute atomic E-state index is 0.135. The summed E-state index contributed by atoms with van der Waals surface area (Å²) < 4.78 is 10.6. The summed E-state index contributed by atoms with van der Waals surface area (Å²) in [6.45, 7) is 0.779. The lowest BCUT2D eigenvalue weighted by atomic mass is 9.66. The summed E-state index contributed by atoms with van der Waals surface area (Å²) in [7, 11) is 1.75. The number of rotatable bonds is 5. The molecule has 0 bridgehead atoms. The maximum absolute atomic E-state index is 5.45. The SMILES string of the molecule is COCCC1(c2nc(C3CC3)no2)CCC1. The molecular weight excluding hydrogens is 204 g/mol. The molecular formula is C12H18N2O2. The highest BCUT2D eigenvalue weighted by Gasteiger charge is 2.44. The standard InChI is InChI=1S/C12H18N2O2/c1-15-8-7-12(5-2-6-12)11-13-10(14-16-11)9-3-4-9/h9H,2-8H2,1H3. The maximum atomic E-state index is 5.45. The second-order valence-corrected chi connectivity index (χ2v) is 5.11. The van der Waals surface area contributed by atoms with Crippen LogP contribution in [-0.2, 0) is 10.2 Å². The Morgan fingerprint density at radius 2 is 2.25 bits per heavy atom. The number of methoxy groups -OCH3 is 1. The van der Waals surface area contributed by atoms with Crippen LogP contribution in [0.3, 0.4) is 0 Å². The molecule has 0 aliphatic heterocycles. The summed E-state index contributed by atoms with van der Waals surface area (Å²) in [5, 5.41) is 4.11. The molecule has 16 heavy (non-hydrogen) atoms. The van der Waals surface area contributed by atoms with Crippen LogP contribution in [0.25, 0.3) is 0 Å². The molecule has 4 nitrogen and oxygen atoms in total. The van der Waals surface area contributed by atoms with Crippen LogP contribution in [-0.4, -0.2) is 23.9 Å². The lowest BCUT2D eigenvalue weighted by molar-refractivity contribution is 0.104. The summed E-state index contributed by atoms with van der Waals surface area (Å²) in [4.78, 5) is 4.59. The van der Waals surface area contributed by atoms with Gasteiger partial charge in [-0.2, -0.15) is 4.98 Å². The molecule has 0 radical (unpaired) electrons. The molecule has 0 saturated heterocycles. The zero-order valence-corrected chi connectivity index (χ0v) is 9.74. The molecule has 1 heterocycles. The van der Waals surface area contributed by atoms with Crippen molar-refractivity contribution in [3.63, 3.8) is 0 Å². The molecule has 0 unspecified atom stereocenters. The monoisotopic (exact) mass is 222 g/mol. The van der Waals surface area contributed by atoms with Gasteiger partial charge in [-0.3, -0.25) is 0 Å². The number of nitrogens with zero attached hydrogens (tertiary/aromatic N) is 2. The van der Waals surface area contributed by atoms with Gasteiger partial charge in [0.15, 0.2) is 5.82 Å². The molecule has 2 saturated carbocycles. The molecule has 2 aliphatic rings. The molecule has 2 fully saturated rings. The summed E-state index contributed by atoms with van der Waals surface area (Å²) in [5.41, 5.74) is 0.135. The van der Waals surface area contributed by atoms with Crippen molar-refractivity contribution in [2.75, 3.05) is 13.7 Å². The Kier molecular flexibility index (Phi) is 2.46. The third-order valence-electron chi connectivity index (χ3n) is 3.93. The van der Waals surface area contributed by atoms with Gasteiger partial charge in [0.2, 0.25) is 5.89 Å². The van der Waals surface area contributed by atoms with E-state index in [4.69, 9.17) is 9.26 Å². The second kappa shape index (κ2) is 3.84. The van der Waals surface area contributed by atoms with E-state index in [9.17, 15) is 0 Å². The zero-order chi connectivity index (χ0) is 11.0. The highest BCUT2D eigenvalue weighted by Crippen LogP contribution is 2.47. The van der Waals surface area contributed by atoms with Gasteiger partial charge in [-0.25, -0.2) is 0 Å². The Bertz CT molecular complexity index is 367. The first-order chi connectivity index (χ1) is 7.84. The molecule has 0 spiro atoms. The minimum Gasteiger partial charge on any atom is -0.385 e. The molecule has 0 atom stereocenters. The topological polar surface area (TPSA) is 48.2 Å². The molecule has 0 N–H and O–H groups in total. The van der Waals surface area contributed by atoms with Crippen LogP contribution < -0.4 is 0 Å². The largest absolute Gasteiger partial charge is 0.385 e. The van der Waals surface area contributed by atoms with Crippen molar-refractivity contribution in [1.82, 2.24) is 10.1 Å². The zero-order valence-electron chi connectivity index (χ0n) is 9.74. The van der Waals surface area contributed by atoms with Crippen molar-refractivity contribution in [2.24, 2.45) is 0 Å². The summed E-state index contributed by atoms with van der Waals surface area (Å²) in [6.07, 6.45) is 7.07. The van der Waals surface area contributed by atoms with Crippen LogP contribution in [0.2, 0.25) is 0 Å². The Labute approximate surface area is 95.4 Å². The van der Waals surface area contributed by atoms with Crippen molar-refractivity contribution in [1.29, 1.82) is 0 Å². The first kappa shape index (κ1) is 10.3. The fourth-order valence-corrected chi connectivity index (χ4v) is 2.43. The molecule has 1 aromatic heterocycles. The van der Waals surface area contributed by atoms with E-state index in [1.54, 1.807) is 7.11 Å². The van der Waals surface area contributed by atoms with E-state index in [-0.39, 0.29) is 5.41 Å². The van der Waals surface area contributed by atoms with E-state index in [1.807, 2.05) is 0 Å². The Hall–Kier alpha value is -0.900. The Morgan fingerprint density at radius 1 is 1.44 bits per heavy atom. The molecule has 1 aromatic rings. The number of hydrogen-bond acceptors (Lipinski definition) is 4. The average molecular weight is 222 g/mol. The second-order valence-electron chi connectivity index (χ2n) is 5.11. The highest BCUT2D eigenvalue weighted by atomic mass is 16.5. The molecule has 0 amide bonds. The fraction of sp³-hybridized carbons (Fsp3) is 0.833. The number of aromatic nitrogens is 2. The van der Waals surface area contributed by atoms with Crippen molar-refractivity contribution in [2.45, 2.75) is 49.9 Å². The van der Waals surface area contributed by atoms with E-state index in [2.05, 4.69) is 10.1 Å². The Balaban J connectivity index is 1.76. The van der Waals surface area contributed by atoms with Crippen molar-refractivity contribution in [3.8, 4) is 0 Å². The Morgan fingerprint density at radius 3 is 2.81 bits per heavy atom. The van der Waals surface area contributed by atoms with Crippen LogP contribution in [0.4, 0.5) is 0 Å². The van der Waals surface area contributed by atoms with Crippen LogP contribution in [0, 0.1) is 0 Å². The van der Waals surface area contributed by atoms with E-state index in [0.29, 0.717) is 5.92 Å². The summed E-state index contributed by atoms with van der Waals surface area (Å²) in [5.74, 6) is 2.37. The number of hydrogen-bond donors (Lipinski definition) is 0. The van der Waals surface area contributed by atoms with Crippen LogP contribution >= 0.6 is 0 Å². The fourth-order valence-electron chi connectivity index (χ4n) is 2.43. The van der Waals surface area contributed by atoms with Crippen molar-refractivity contribution in [3.05, 3.63) is 11.7 Å². The average Bonchev–Trinajstić information content (AvgIpc) is 2.97. The van der Waals surface area contributed by atoms with Crippen LogP contribution in [0.5, 0.6) is 0 Å². The van der Waals surface area contributed by atoms with Gasteiger partial charge in [0.1, 0.15) is 0 Å². The van der Waals surface area contributed by atoms with Gasteiger partial charge in [0, 0.05) is 19.6 Å². The quantitative estimate of drug-likeness (QED) is 0.767. The molecule has 2 aliphatic carbocycles. The van der Waals surface area contributed by atoms with Crippen molar-refractivity contribution < 1.29 is 9.26 Å². The maximum Gasteiger partial charge on any atom is 0.232 e. The third kappa shape index (κ3) is 1.65. The molecule has 88 valence electrons. The van der Waals surface area contributed by atoms with Gasteiger partial charge in [-0.1, -0.05) is 11.6 Å². The lowest BCUT2D eigenvalue weighted by Gasteiger charge is -2.38. The first-order valence-electron chi connectivity index (χ1n) is 6.17. The van der Waals surface area contributed by atoms with Gasteiger partial charge in [0.25, 0.3) is 0 Å². The predicted octanol–water partition coefficient (Wildman–Crippen LogP) is 2.41. The van der Waals surface area contributed by atoms with E-state index < -0.39 is 0 Å². The smallest absolute Gasteiger partial charge is 0.232 e. The lowest BCUT2D eigenvalue weighted by Crippen LogP contribution is -2.35. The van der Waals surface area contributed by atoms with E-state index >= 15 is 0 Å². The van der Waals surface area contributed by atoms with Gasteiger partial charge >= 0.3 is 0 Å². The van der Waals surface area contributed by atoms with Crippen molar-refractivity contribution >= 4 is 0 Å². The van der Waals surface area contributed by atoms with E-state index in [0.717, 1.165) is 24.7 Å². The highest BCUT2D eigenvalue weighted by molar-refractivity contribution is 5.13. The third-order valence-corrected chi connectivity index (χ3v) is 3.93. The molecule has 0 aromatic carbocycles. The van der Waals surface area contributed by atoms with E-state index in [1.165, 1.54) is 32.1 Å². The van der Waals surface area contributed by atoms with Gasteiger partial charge < -0.3 is 9.26 Å². The first-order valence-corrected chi connectivity index (χ1v) is 6.17. The molecule has 3 rings (SSSR count). The predicted molar refractivity (Wildman–Crippen MR) is 58.3 cm³/mol. The van der Waals surface area contributed by atoms with Crippen LogP contribution in [0.15, 0.2) is 4.52 Å². The minimum atomic E-state index is 0.135. The van der Waals surface area contributed by atoms with Gasteiger partial charge in [0.05, 0.1) is 5.41 Å². The van der Waals surface area contributed by atoms with Crippen LogP contribution in [0.1, 0.15) is 56.2 Å². The normalized spacial score (nSPS) is 23.1.